The fourth-order valence-electron chi connectivity index (χ4n) is 2.52. The molecule has 0 fully saturated rings. The first kappa shape index (κ1) is 13.1. The molecule has 0 N–H and O–H groups in total. The van der Waals surface area contributed by atoms with Gasteiger partial charge in [0.05, 0.1) is 0 Å². The van der Waals surface area contributed by atoms with Gasteiger partial charge in [0.15, 0.2) is 0 Å². The Balaban J connectivity index is 2.54. The van der Waals surface area contributed by atoms with Gasteiger partial charge in [-0.05, 0) is 12.5 Å². The number of hydrogen-bond donors (Lipinski definition) is 0. The molecule has 94 valence electrons. The van der Waals surface area contributed by atoms with Gasteiger partial charge < -0.3 is 0 Å². The maximum Gasteiger partial charge on any atom is 0.117 e. The van der Waals surface area contributed by atoms with Crippen LogP contribution in [-0.2, 0) is 0 Å². The molecule has 1 unspecified atom stereocenters. The number of benzene rings is 2. The van der Waals surface area contributed by atoms with E-state index in [0.717, 1.165) is 0 Å². The van der Waals surface area contributed by atoms with Crippen molar-refractivity contribution in [2.24, 2.45) is 0 Å². The largest absolute Gasteiger partial charge is 0.117 e. The summed E-state index contributed by atoms with van der Waals surface area (Å²) in [5.74, 6) is 0. The van der Waals surface area contributed by atoms with Gasteiger partial charge in [0.25, 0.3) is 0 Å². The van der Waals surface area contributed by atoms with Crippen LogP contribution in [0.4, 0.5) is 0 Å². The Hall–Kier alpha value is -1.34. The van der Waals surface area contributed by atoms with E-state index >= 15 is 0 Å². The Kier molecular flexibility index (Phi) is 3.72. The second-order valence-corrected chi connectivity index (χ2v) is 10.3. The van der Waals surface area contributed by atoms with Crippen molar-refractivity contribution in [2.45, 2.75) is 32.9 Å². The Morgan fingerprint density at radius 3 is 1.78 bits per heavy atom. The summed E-state index contributed by atoms with van der Waals surface area (Å²) >= 11 is 0. The highest BCUT2D eigenvalue weighted by molar-refractivity contribution is 7.02. The summed E-state index contributed by atoms with van der Waals surface area (Å²) in [7, 11) is -1.60. The Morgan fingerprint density at radius 2 is 1.28 bits per heavy atom. The quantitative estimate of drug-likeness (QED) is 0.734. The zero-order chi connectivity index (χ0) is 13.2. The minimum absolute atomic E-state index is 0.697. The molecule has 0 amide bonds. The average molecular weight is 254 g/mol. The van der Waals surface area contributed by atoms with Gasteiger partial charge in [-0.25, -0.2) is 0 Å². The minimum atomic E-state index is -1.60. The molecule has 2 rings (SSSR count). The lowest BCUT2D eigenvalue weighted by Crippen LogP contribution is -2.57. The fourth-order valence-corrected chi connectivity index (χ4v) is 5.93. The summed E-state index contributed by atoms with van der Waals surface area (Å²) in [4.78, 5) is 0. The summed E-state index contributed by atoms with van der Waals surface area (Å²) < 4.78 is 0. The maximum absolute atomic E-state index is 2.48. The molecule has 0 aromatic heterocycles. The molecule has 0 spiro atoms. The van der Waals surface area contributed by atoms with Gasteiger partial charge in [0.2, 0.25) is 0 Å². The number of aryl methyl sites for hydroxylation is 1. The molecule has 2 aromatic carbocycles. The van der Waals surface area contributed by atoms with Gasteiger partial charge >= 0.3 is 0 Å². The second-order valence-electron chi connectivity index (χ2n) is 5.59. The van der Waals surface area contributed by atoms with Gasteiger partial charge in [-0.2, -0.15) is 0 Å². The van der Waals surface area contributed by atoms with Crippen molar-refractivity contribution in [1.29, 1.82) is 0 Å². The monoisotopic (exact) mass is 254 g/mol. The third kappa shape index (κ3) is 2.28. The summed E-state index contributed by atoms with van der Waals surface area (Å²) in [5, 5.41) is 3.07. The van der Waals surface area contributed by atoms with E-state index < -0.39 is 8.07 Å². The van der Waals surface area contributed by atoms with Crippen LogP contribution in [0.1, 0.15) is 19.4 Å². The van der Waals surface area contributed by atoms with Crippen molar-refractivity contribution in [1.82, 2.24) is 0 Å². The van der Waals surface area contributed by atoms with E-state index in [2.05, 4.69) is 81.9 Å². The van der Waals surface area contributed by atoms with E-state index in [0.29, 0.717) is 5.54 Å². The molecule has 0 heterocycles. The topological polar surface area (TPSA) is 0 Å². The van der Waals surface area contributed by atoms with E-state index in [-0.39, 0.29) is 0 Å². The summed E-state index contributed by atoms with van der Waals surface area (Å²) in [5.41, 5.74) is 2.04. The zero-order valence-electron chi connectivity index (χ0n) is 11.8. The van der Waals surface area contributed by atoms with Crippen LogP contribution in [0.2, 0.25) is 12.1 Å². The molecule has 0 aliphatic heterocycles. The van der Waals surface area contributed by atoms with Gasteiger partial charge in [-0.3, -0.25) is 0 Å². The van der Waals surface area contributed by atoms with E-state index in [1.165, 1.54) is 15.9 Å². The standard InChI is InChI=1S/C17H22Si/c1-14(2)18(4,16-8-6-5-7-9-16)17-12-10-15(3)11-13-17/h5-14H,1-4H3. The molecule has 0 radical (unpaired) electrons. The van der Waals surface area contributed by atoms with Crippen molar-refractivity contribution < 1.29 is 0 Å². The lowest BCUT2D eigenvalue weighted by Gasteiger charge is -2.33. The first-order valence-electron chi connectivity index (χ1n) is 6.68. The van der Waals surface area contributed by atoms with Crippen LogP contribution in [0.3, 0.4) is 0 Å². The highest BCUT2D eigenvalue weighted by Crippen LogP contribution is 2.20. The maximum atomic E-state index is 2.48. The van der Waals surface area contributed by atoms with E-state index in [4.69, 9.17) is 0 Å². The van der Waals surface area contributed by atoms with Crippen LogP contribution >= 0.6 is 0 Å². The van der Waals surface area contributed by atoms with Crippen LogP contribution in [0.5, 0.6) is 0 Å². The number of hydrogen-bond acceptors (Lipinski definition) is 0. The molecule has 2 aromatic rings. The average Bonchev–Trinajstić information content (AvgIpc) is 2.39. The smallest absolute Gasteiger partial charge is 0.0646 e. The van der Waals surface area contributed by atoms with Gasteiger partial charge in [0.1, 0.15) is 8.07 Å². The third-order valence-corrected chi connectivity index (χ3v) is 9.55. The van der Waals surface area contributed by atoms with Crippen molar-refractivity contribution in [3.05, 3.63) is 60.2 Å². The van der Waals surface area contributed by atoms with Crippen LogP contribution in [-0.4, -0.2) is 8.07 Å². The highest BCUT2D eigenvalue weighted by atomic mass is 28.3. The number of rotatable bonds is 3. The van der Waals surface area contributed by atoms with E-state index in [9.17, 15) is 0 Å². The van der Waals surface area contributed by atoms with E-state index in [1.54, 1.807) is 0 Å². The molecule has 0 saturated heterocycles. The molecule has 0 nitrogen and oxygen atoms in total. The van der Waals surface area contributed by atoms with Crippen LogP contribution in [0.15, 0.2) is 54.6 Å². The summed E-state index contributed by atoms with van der Waals surface area (Å²) in [6, 6.07) is 20.2. The van der Waals surface area contributed by atoms with Gasteiger partial charge in [-0.1, -0.05) is 90.9 Å². The van der Waals surface area contributed by atoms with Crippen molar-refractivity contribution in [3.63, 3.8) is 0 Å². The highest BCUT2D eigenvalue weighted by Gasteiger charge is 2.34. The molecule has 1 atom stereocenters. The predicted molar refractivity (Wildman–Crippen MR) is 83.6 cm³/mol. The summed E-state index contributed by atoms with van der Waals surface area (Å²) in [6.07, 6.45) is 0. The first-order valence-corrected chi connectivity index (χ1v) is 9.25. The molecule has 0 aliphatic rings. The van der Waals surface area contributed by atoms with Gasteiger partial charge in [0, 0.05) is 0 Å². The van der Waals surface area contributed by atoms with Gasteiger partial charge in [-0.15, -0.1) is 0 Å². The minimum Gasteiger partial charge on any atom is -0.0646 e. The molecular weight excluding hydrogens is 232 g/mol. The van der Waals surface area contributed by atoms with E-state index in [1.807, 2.05) is 0 Å². The first-order chi connectivity index (χ1) is 8.55. The van der Waals surface area contributed by atoms with Crippen molar-refractivity contribution >= 4 is 18.4 Å². The fraction of sp³-hybridized carbons (Fsp3) is 0.294. The second kappa shape index (κ2) is 5.11. The van der Waals surface area contributed by atoms with Crippen LogP contribution < -0.4 is 10.4 Å². The third-order valence-electron chi connectivity index (χ3n) is 4.18. The van der Waals surface area contributed by atoms with Crippen molar-refractivity contribution in [3.8, 4) is 0 Å². The SMILES string of the molecule is Cc1ccc([Si](C)(c2ccccc2)C(C)C)cc1. The Labute approximate surface area is 112 Å². The molecule has 0 saturated carbocycles. The normalized spacial score (nSPS) is 14.5. The predicted octanol–water partition coefficient (Wildman–Crippen LogP) is 3.60. The lowest BCUT2D eigenvalue weighted by atomic mass is 10.2. The van der Waals surface area contributed by atoms with Crippen LogP contribution in [0.25, 0.3) is 0 Å². The molecule has 0 aliphatic carbocycles. The van der Waals surface area contributed by atoms with Crippen molar-refractivity contribution in [2.75, 3.05) is 0 Å². The zero-order valence-corrected chi connectivity index (χ0v) is 12.8. The molecular formula is C17H22Si. The van der Waals surface area contributed by atoms with Crippen LogP contribution in [0, 0.1) is 6.92 Å². The Morgan fingerprint density at radius 1 is 0.778 bits per heavy atom. The summed E-state index contributed by atoms with van der Waals surface area (Å²) in [6.45, 7) is 9.36. The molecule has 0 bridgehead atoms. The molecule has 18 heavy (non-hydrogen) atoms. The Bertz CT molecular complexity index is 499. The lowest BCUT2D eigenvalue weighted by molar-refractivity contribution is 1.03. The molecule has 1 heteroatoms.